The van der Waals surface area contributed by atoms with Crippen molar-refractivity contribution in [2.45, 2.75) is 32.1 Å². The van der Waals surface area contributed by atoms with Gasteiger partial charge in [0.05, 0.1) is 0 Å². The molecule has 4 aromatic rings. The Balaban J connectivity index is 1.75. The van der Waals surface area contributed by atoms with Crippen LogP contribution < -0.4 is 0 Å². The van der Waals surface area contributed by atoms with Crippen LogP contribution in [0.15, 0.2) is 85.2 Å². The summed E-state index contributed by atoms with van der Waals surface area (Å²) < 4.78 is 0. The Hall–Kier alpha value is -3.26. The van der Waals surface area contributed by atoms with E-state index in [9.17, 15) is 0 Å². The minimum atomic E-state index is -0.102. The molecule has 0 spiro atoms. The fourth-order valence-electron chi connectivity index (χ4n) is 5.08. The highest BCUT2D eigenvalue weighted by Crippen LogP contribution is 2.52. The molecule has 0 bridgehead atoms. The molecule has 0 saturated carbocycles. The van der Waals surface area contributed by atoms with E-state index in [1.165, 1.54) is 33.4 Å². The molecule has 142 valence electrons. The van der Waals surface area contributed by atoms with Crippen molar-refractivity contribution in [3.05, 3.63) is 119 Å². The zero-order chi connectivity index (χ0) is 19.8. The van der Waals surface area contributed by atoms with Gasteiger partial charge in [-0.1, -0.05) is 48.5 Å². The lowest BCUT2D eigenvalue weighted by atomic mass is 9.69. The lowest BCUT2D eigenvalue weighted by molar-refractivity contribution is 0.519. The molecule has 0 atom stereocenters. The van der Waals surface area contributed by atoms with Crippen LogP contribution in [0.3, 0.4) is 0 Å². The minimum Gasteiger partial charge on any atom is -0.265 e. The number of pyridine rings is 2. The number of nitrogens with zero attached hydrogens (tertiary/aromatic N) is 2. The Labute approximate surface area is 172 Å². The van der Waals surface area contributed by atoms with Gasteiger partial charge in [-0.25, -0.2) is 0 Å². The third-order valence-electron chi connectivity index (χ3n) is 6.08. The smallest absolute Gasteiger partial charge is 0.0378 e. The van der Waals surface area contributed by atoms with E-state index in [2.05, 4.69) is 96.6 Å². The van der Waals surface area contributed by atoms with Gasteiger partial charge in [0, 0.05) is 29.2 Å². The molecule has 2 aromatic heterocycles. The molecule has 29 heavy (non-hydrogen) atoms. The molecule has 0 N–H and O–H groups in total. The summed E-state index contributed by atoms with van der Waals surface area (Å²) in [6.45, 7) is 4.17. The van der Waals surface area contributed by atoms with Gasteiger partial charge in [0.1, 0.15) is 0 Å². The molecule has 0 unspecified atom stereocenters. The monoisotopic (exact) mass is 376 g/mol. The summed E-state index contributed by atoms with van der Waals surface area (Å²) in [5.41, 5.74) is 10.3. The molecule has 0 saturated heterocycles. The SMILES string of the molecule is Cc1cc(CC2(Cc3ccncc3)c3ccccc3-c3ccccc32)cc(C)n1. The predicted octanol–water partition coefficient (Wildman–Crippen LogP) is 5.85. The van der Waals surface area contributed by atoms with E-state index in [1.807, 2.05) is 12.4 Å². The first-order valence-electron chi connectivity index (χ1n) is 10.2. The fourth-order valence-corrected chi connectivity index (χ4v) is 5.08. The molecule has 2 nitrogen and oxygen atoms in total. The van der Waals surface area contributed by atoms with Crippen LogP contribution in [-0.2, 0) is 18.3 Å². The van der Waals surface area contributed by atoms with E-state index in [1.54, 1.807) is 0 Å². The summed E-state index contributed by atoms with van der Waals surface area (Å²) in [5.74, 6) is 0. The predicted molar refractivity (Wildman–Crippen MR) is 118 cm³/mol. The molecule has 1 aliphatic rings. The Morgan fingerprint density at radius 3 is 1.76 bits per heavy atom. The van der Waals surface area contributed by atoms with Crippen molar-refractivity contribution in [2.75, 3.05) is 0 Å². The second-order valence-electron chi connectivity index (χ2n) is 8.14. The van der Waals surface area contributed by atoms with E-state index in [4.69, 9.17) is 0 Å². The Morgan fingerprint density at radius 1 is 0.655 bits per heavy atom. The zero-order valence-electron chi connectivity index (χ0n) is 16.9. The number of aryl methyl sites for hydroxylation is 2. The van der Waals surface area contributed by atoms with Crippen molar-refractivity contribution < 1.29 is 0 Å². The largest absolute Gasteiger partial charge is 0.265 e. The Bertz CT molecular complexity index is 1110. The van der Waals surface area contributed by atoms with Crippen LogP contribution in [0.5, 0.6) is 0 Å². The standard InChI is InChI=1S/C27H24N2/c1-19-15-22(16-20(2)29-19)18-27(17-21-11-13-28-14-12-21)25-9-5-3-7-23(25)24-8-4-6-10-26(24)27/h3-16H,17-18H2,1-2H3. The molecular weight excluding hydrogens is 352 g/mol. The molecule has 0 fully saturated rings. The van der Waals surface area contributed by atoms with E-state index in [0.29, 0.717) is 0 Å². The quantitative estimate of drug-likeness (QED) is 0.447. The lowest BCUT2D eigenvalue weighted by Crippen LogP contribution is -2.31. The molecular formula is C27H24N2. The van der Waals surface area contributed by atoms with Gasteiger partial charge in [-0.05, 0) is 84.3 Å². The van der Waals surface area contributed by atoms with Gasteiger partial charge in [0.2, 0.25) is 0 Å². The van der Waals surface area contributed by atoms with Gasteiger partial charge >= 0.3 is 0 Å². The highest BCUT2D eigenvalue weighted by Gasteiger charge is 2.43. The number of fused-ring (bicyclic) bond motifs is 3. The topological polar surface area (TPSA) is 25.8 Å². The summed E-state index contributed by atoms with van der Waals surface area (Å²) >= 11 is 0. The van der Waals surface area contributed by atoms with Crippen LogP contribution in [-0.4, -0.2) is 9.97 Å². The van der Waals surface area contributed by atoms with Crippen molar-refractivity contribution in [2.24, 2.45) is 0 Å². The highest BCUT2D eigenvalue weighted by atomic mass is 14.7. The molecule has 5 rings (SSSR count). The molecule has 1 aliphatic carbocycles. The van der Waals surface area contributed by atoms with Crippen LogP contribution in [0, 0.1) is 13.8 Å². The molecule has 2 aromatic carbocycles. The van der Waals surface area contributed by atoms with Crippen molar-refractivity contribution in [3.8, 4) is 11.1 Å². The zero-order valence-corrected chi connectivity index (χ0v) is 16.9. The number of rotatable bonds is 4. The third kappa shape index (κ3) is 3.05. The van der Waals surface area contributed by atoms with Crippen LogP contribution in [0.1, 0.15) is 33.6 Å². The molecule has 2 heterocycles. The summed E-state index contributed by atoms with van der Waals surface area (Å²) in [4.78, 5) is 8.83. The van der Waals surface area contributed by atoms with Crippen LogP contribution in [0.4, 0.5) is 0 Å². The maximum atomic E-state index is 4.60. The van der Waals surface area contributed by atoms with Gasteiger partial charge < -0.3 is 0 Å². The Morgan fingerprint density at radius 2 is 1.17 bits per heavy atom. The average molecular weight is 377 g/mol. The van der Waals surface area contributed by atoms with Crippen molar-refractivity contribution in [3.63, 3.8) is 0 Å². The number of aromatic nitrogens is 2. The van der Waals surface area contributed by atoms with Crippen LogP contribution >= 0.6 is 0 Å². The van der Waals surface area contributed by atoms with Crippen molar-refractivity contribution in [1.82, 2.24) is 9.97 Å². The van der Waals surface area contributed by atoms with Gasteiger partial charge in [-0.15, -0.1) is 0 Å². The van der Waals surface area contributed by atoms with E-state index in [0.717, 1.165) is 24.2 Å². The van der Waals surface area contributed by atoms with Crippen molar-refractivity contribution >= 4 is 0 Å². The second kappa shape index (κ2) is 6.97. The molecule has 0 aliphatic heterocycles. The third-order valence-corrected chi connectivity index (χ3v) is 6.08. The first kappa shape index (κ1) is 17.8. The normalized spacial score (nSPS) is 13.7. The van der Waals surface area contributed by atoms with Gasteiger partial charge in [-0.2, -0.15) is 0 Å². The number of hydrogen-bond acceptors (Lipinski definition) is 2. The van der Waals surface area contributed by atoms with Gasteiger partial charge in [0.15, 0.2) is 0 Å². The molecule has 2 heteroatoms. The molecule has 0 amide bonds. The fraction of sp³-hybridized carbons (Fsp3) is 0.185. The lowest BCUT2D eigenvalue weighted by Gasteiger charge is -2.33. The maximum absolute atomic E-state index is 4.60. The summed E-state index contributed by atoms with van der Waals surface area (Å²) in [6, 6.07) is 26.6. The Kier molecular flexibility index (Phi) is 4.28. The maximum Gasteiger partial charge on any atom is 0.0378 e. The minimum absolute atomic E-state index is 0.102. The number of benzene rings is 2. The highest BCUT2D eigenvalue weighted by molar-refractivity contribution is 5.81. The first-order valence-corrected chi connectivity index (χ1v) is 10.2. The second-order valence-corrected chi connectivity index (χ2v) is 8.14. The summed E-state index contributed by atoms with van der Waals surface area (Å²) in [6.07, 6.45) is 5.70. The molecule has 0 radical (unpaired) electrons. The van der Waals surface area contributed by atoms with E-state index >= 15 is 0 Å². The van der Waals surface area contributed by atoms with E-state index < -0.39 is 0 Å². The van der Waals surface area contributed by atoms with Crippen LogP contribution in [0.2, 0.25) is 0 Å². The summed E-state index contributed by atoms with van der Waals surface area (Å²) in [5, 5.41) is 0. The van der Waals surface area contributed by atoms with Gasteiger partial charge in [0.25, 0.3) is 0 Å². The first-order chi connectivity index (χ1) is 14.2. The van der Waals surface area contributed by atoms with Gasteiger partial charge in [-0.3, -0.25) is 9.97 Å². The summed E-state index contributed by atoms with van der Waals surface area (Å²) in [7, 11) is 0. The van der Waals surface area contributed by atoms with Crippen LogP contribution in [0.25, 0.3) is 11.1 Å². The van der Waals surface area contributed by atoms with E-state index in [-0.39, 0.29) is 5.41 Å². The van der Waals surface area contributed by atoms with Crippen molar-refractivity contribution in [1.29, 1.82) is 0 Å². The number of hydrogen-bond donors (Lipinski definition) is 0. The average Bonchev–Trinajstić information content (AvgIpc) is 2.99.